The maximum atomic E-state index is 10.8. The topological polar surface area (TPSA) is 85.3 Å². The molecule has 0 aliphatic rings. The largest absolute Gasteiger partial charge is 0.298 e. The van der Waals surface area contributed by atoms with Crippen LogP contribution in [0.3, 0.4) is 0 Å². The van der Waals surface area contributed by atoms with Crippen LogP contribution in [0.25, 0.3) is 0 Å². The van der Waals surface area contributed by atoms with Crippen LogP contribution in [0, 0.1) is 0 Å². The molecule has 0 saturated heterocycles. The summed E-state index contributed by atoms with van der Waals surface area (Å²) in [5, 5.41) is 0. The minimum Gasteiger partial charge on any atom is -0.298 e. The number of hydrogen-bond acceptors (Lipinski definition) is 6. The summed E-state index contributed by atoms with van der Waals surface area (Å²) in [6.07, 6.45) is 1.41. The molecule has 0 saturated carbocycles. The van der Waals surface area contributed by atoms with Crippen LogP contribution in [0.15, 0.2) is 4.90 Å². The van der Waals surface area contributed by atoms with Crippen molar-refractivity contribution < 1.29 is 24.0 Å². The molecule has 1 radical (unpaired) electrons. The number of thiol groups is 1. The molecule has 18 heavy (non-hydrogen) atoms. The number of hydrogen-bond donors (Lipinski definition) is 1. The first-order valence-electron chi connectivity index (χ1n) is 4.35. The van der Waals surface area contributed by atoms with Crippen LogP contribution < -0.4 is 0 Å². The molecule has 0 amide bonds. The van der Waals surface area contributed by atoms with Crippen molar-refractivity contribution in [2.45, 2.75) is 4.90 Å². The molecule has 7 heteroatoms. The van der Waals surface area contributed by atoms with E-state index in [1.165, 1.54) is 0 Å². The van der Waals surface area contributed by atoms with Gasteiger partial charge in [0.15, 0.2) is 31.4 Å². The predicted molar refractivity (Wildman–Crippen MR) is 66.4 cm³/mol. The van der Waals surface area contributed by atoms with E-state index in [1.807, 2.05) is 0 Å². The Kier molecular flexibility index (Phi) is 6.93. The Bertz CT molecular complexity index is 498. The van der Waals surface area contributed by atoms with Gasteiger partial charge in [0.2, 0.25) is 0 Å². The second-order valence-electron chi connectivity index (χ2n) is 3.01. The third-order valence-corrected chi connectivity index (χ3v) is 2.74. The molecule has 0 atom stereocenters. The second-order valence-corrected chi connectivity index (χ2v) is 3.45. The van der Waals surface area contributed by atoms with Crippen molar-refractivity contribution in [3.05, 3.63) is 27.8 Å². The van der Waals surface area contributed by atoms with Crippen LogP contribution in [-0.4, -0.2) is 61.0 Å². The van der Waals surface area contributed by atoms with Gasteiger partial charge in [0.25, 0.3) is 0 Å². The van der Waals surface area contributed by atoms with E-state index in [-0.39, 0.29) is 81.1 Å². The zero-order valence-corrected chi connectivity index (χ0v) is 12.3. The van der Waals surface area contributed by atoms with E-state index in [2.05, 4.69) is 12.6 Å². The molecule has 0 bridgehead atoms. The summed E-state index contributed by atoms with van der Waals surface area (Å²) in [7, 11) is 0. The average molecular weight is 273 g/mol. The van der Waals surface area contributed by atoms with Crippen LogP contribution in [0.4, 0.5) is 0 Å². The first kappa shape index (κ1) is 16.9. The number of benzene rings is 1. The summed E-state index contributed by atoms with van der Waals surface area (Å²) in [5.74, 6) is 0. The molecule has 0 aliphatic carbocycles. The fourth-order valence-electron chi connectivity index (χ4n) is 1.45. The van der Waals surface area contributed by atoms with Gasteiger partial charge in [0, 0.05) is 62.3 Å². The van der Waals surface area contributed by atoms with Gasteiger partial charge in [-0.05, 0) is 0 Å². The number of carbonyl (C=O) groups excluding carboxylic acids is 5. The van der Waals surface area contributed by atoms with Crippen LogP contribution in [0.5, 0.6) is 0 Å². The van der Waals surface area contributed by atoms with Crippen LogP contribution in [0.1, 0.15) is 51.8 Å². The molecule has 1 rings (SSSR count). The molecule has 0 aliphatic heterocycles. The van der Waals surface area contributed by atoms with Gasteiger partial charge in [-0.1, -0.05) is 0 Å². The standard InChI is InChI=1S/C11H6O5S.Na/c12-1-6-7(2-13)9(4-15)11(17)10(5-16)8(6)3-14;/h1-5,17H;. The Morgan fingerprint density at radius 2 is 0.778 bits per heavy atom. The number of rotatable bonds is 5. The Labute approximate surface area is 130 Å². The first-order chi connectivity index (χ1) is 8.15. The van der Waals surface area contributed by atoms with Crippen molar-refractivity contribution in [3.8, 4) is 0 Å². The minimum atomic E-state index is -0.281. The van der Waals surface area contributed by atoms with E-state index in [0.29, 0.717) is 12.6 Å². The SMILES string of the molecule is O=Cc1c(S)c(C=O)c(C=O)c(C=O)c1C=O.[Na]. The maximum absolute atomic E-state index is 10.8. The van der Waals surface area contributed by atoms with E-state index >= 15 is 0 Å². The predicted octanol–water partition coefficient (Wildman–Crippen LogP) is 0.657. The zero-order chi connectivity index (χ0) is 13.0. The van der Waals surface area contributed by atoms with Crippen molar-refractivity contribution in [2.24, 2.45) is 0 Å². The summed E-state index contributed by atoms with van der Waals surface area (Å²) in [6.45, 7) is 0. The van der Waals surface area contributed by atoms with Gasteiger partial charge in [-0.3, -0.25) is 24.0 Å². The van der Waals surface area contributed by atoms with Crippen molar-refractivity contribution in [2.75, 3.05) is 0 Å². The fourth-order valence-corrected chi connectivity index (χ4v) is 1.80. The summed E-state index contributed by atoms with van der Waals surface area (Å²) in [5.41, 5.74) is -1.13. The third kappa shape index (κ3) is 2.67. The Hall–Kier alpha value is -1.08. The summed E-state index contributed by atoms with van der Waals surface area (Å²) in [4.78, 5) is 54.0. The summed E-state index contributed by atoms with van der Waals surface area (Å²) < 4.78 is 0. The molecule has 0 N–H and O–H groups in total. The summed E-state index contributed by atoms with van der Waals surface area (Å²) >= 11 is 3.91. The monoisotopic (exact) mass is 273 g/mol. The smallest absolute Gasteiger partial charge is 0.151 e. The molecular formula is C11H6NaO5S. The Balaban J connectivity index is 0.00000289. The first-order valence-corrected chi connectivity index (χ1v) is 4.79. The van der Waals surface area contributed by atoms with Crippen molar-refractivity contribution in [1.29, 1.82) is 0 Å². The molecule has 5 nitrogen and oxygen atoms in total. The summed E-state index contributed by atoms with van der Waals surface area (Å²) in [6, 6.07) is 0. The molecule has 1 aromatic carbocycles. The molecule has 0 heterocycles. The molecular weight excluding hydrogens is 267 g/mol. The van der Waals surface area contributed by atoms with Gasteiger partial charge in [-0.25, -0.2) is 0 Å². The third-order valence-electron chi connectivity index (χ3n) is 2.26. The quantitative estimate of drug-likeness (QED) is 0.484. The molecule has 0 aromatic heterocycles. The van der Waals surface area contributed by atoms with Crippen LogP contribution >= 0.6 is 12.6 Å². The Morgan fingerprint density at radius 3 is 1.00 bits per heavy atom. The number of aldehydes is 5. The Morgan fingerprint density at radius 1 is 0.556 bits per heavy atom. The fraction of sp³-hybridized carbons (Fsp3) is 0. The maximum Gasteiger partial charge on any atom is 0.151 e. The van der Waals surface area contributed by atoms with E-state index in [4.69, 9.17) is 0 Å². The molecule has 0 spiro atoms. The minimum absolute atomic E-state index is 0. The van der Waals surface area contributed by atoms with Gasteiger partial charge in [-0.15, -0.1) is 12.6 Å². The van der Waals surface area contributed by atoms with Crippen molar-refractivity contribution in [1.82, 2.24) is 0 Å². The van der Waals surface area contributed by atoms with Gasteiger partial charge in [0.1, 0.15) is 0 Å². The molecule has 0 unspecified atom stereocenters. The normalized spacial score (nSPS) is 8.94. The van der Waals surface area contributed by atoms with E-state index in [1.54, 1.807) is 0 Å². The van der Waals surface area contributed by atoms with Gasteiger partial charge in [0.05, 0.1) is 0 Å². The van der Waals surface area contributed by atoms with Crippen molar-refractivity contribution in [3.63, 3.8) is 0 Å². The molecule has 1 aromatic rings. The molecule has 87 valence electrons. The van der Waals surface area contributed by atoms with Gasteiger partial charge < -0.3 is 0 Å². The average Bonchev–Trinajstić information content (AvgIpc) is 2.36. The van der Waals surface area contributed by atoms with Crippen LogP contribution in [-0.2, 0) is 0 Å². The zero-order valence-electron chi connectivity index (χ0n) is 9.38. The van der Waals surface area contributed by atoms with E-state index in [0.717, 1.165) is 0 Å². The van der Waals surface area contributed by atoms with Crippen molar-refractivity contribution >= 4 is 73.6 Å². The van der Waals surface area contributed by atoms with Gasteiger partial charge in [-0.2, -0.15) is 0 Å². The number of carbonyl (C=O) groups is 5. The van der Waals surface area contributed by atoms with E-state index < -0.39 is 0 Å². The second kappa shape index (κ2) is 7.38. The van der Waals surface area contributed by atoms with E-state index in [9.17, 15) is 24.0 Å². The molecule has 0 fully saturated rings. The van der Waals surface area contributed by atoms with Crippen LogP contribution in [0.2, 0.25) is 0 Å². The van der Waals surface area contributed by atoms with Gasteiger partial charge >= 0.3 is 0 Å².